The Bertz CT molecular complexity index is 2530. The van der Waals surface area contributed by atoms with Crippen LogP contribution in [0.4, 0.5) is 0 Å². The van der Waals surface area contributed by atoms with Crippen molar-refractivity contribution >= 4 is 41.8 Å². The number of rotatable bonds is 16. The molecule has 0 unspecified atom stereocenters. The summed E-state index contributed by atoms with van der Waals surface area (Å²) in [6.07, 6.45) is 11.5. The number of carbonyl (C=O) groups excluding carboxylic acids is 4. The Kier molecular flexibility index (Phi) is 23.6. The highest BCUT2D eigenvalue weighted by Gasteiger charge is 2.30. The van der Waals surface area contributed by atoms with Crippen LogP contribution in [0, 0.1) is 35.5 Å². The Morgan fingerprint density at radius 1 is 0.474 bits per heavy atom. The van der Waals surface area contributed by atoms with Crippen molar-refractivity contribution in [3.63, 3.8) is 0 Å². The lowest BCUT2D eigenvalue weighted by atomic mass is 9.82. The van der Waals surface area contributed by atoms with Gasteiger partial charge in [-0.1, -0.05) is 82.3 Å². The number of nitrogens with two attached hydrogens (primary N) is 6. The van der Waals surface area contributed by atoms with Gasteiger partial charge in [0.25, 0.3) is 0 Å². The molecule has 0 atom stereocenters. The molecular formula is C59H87N9O8. The zero-order chi connectivity index (χ0) is 55.0. The summed E-state index contributed by atoms with van der Waals surface area (Å²) in [7, 11) is 0. The molecule has 3 fully saturated rings. The summed E-state index contributed by atoms with van der Waals surface area (Å²) in [5.41, 5.74) is 36.0. The van der Waals surface area contributed by atoms with Gasteiger partial charge in [-0.15, -0.1) is 0 Å². The molecule has 12 N–H and O–H groups in total. The van der Waals surface area contributed by atoms with E-state index in [4.69, 9.17) is 53.3 Å². The molecule has 0 amide bonds. The largest absolute Gasteiger partial charge is 0.457 e. The summed E-state index contributed by atoms with van der Waals surface area (Å²) in [6, 6.07) is 31.4. The highest BCUT2D eigenvalue weighted by molar-refractivity contribution is 5.89. The van der Waals surface area contributed by atoms with Gasteiger partial charge in [0, 0.05) is 23.9 Å². The molecule has 0 bridgehead atoms. The molecule has 0 saturated heterocycles. The monoisotopic (exact) mass is 1050 g/mol. The van der Waals surface area contributed by atoms with Crippen molar-refractivity contribution in [1.29, 1.82) is 0 Å². The van der Waals surface area contributed by atoms with Gasteiger partial charge in [0.1, 0.15) is 23.9 Å². The van der Waals surface area contributed by atoms with Crippen LogP contribution >= 0.6 is 0 Å². The Morgan fingerprint density at radius 3 is 1.14 bits per heavy atom. The van der Waals surface area contributed by atoms with Crippen molar-refractivity contribution in [2.75, 3.05) is 19.6 Å². The molecular weight excluding hydrogens is 963 g/mol. The molecule has 3 saturated carbocycles. The lowest BCUT2D eigenvalue weighted by Gasteiger charge is -2.26. The van der Waals surface area contributed by atoms with E-state index in [1.54, 1.807) is 24.3 Å². The van der Waals surface area contributed by atoms with Crippen LogP contribution < -0.4 is 48.6 Å². The summed E-state index contributed by atoms with van der Waals surface area (Å²) in [5.74, 6) is 2.29. The third-order valence-electron chi connectivity index (χ3n) is 14.1. The lowest BCUT2D eigenvalue weighted by Crippen LogP contribution is -2.28. The van der Waals surface area contributed by atoms with Crippen LogP contribution in [0.25, 0.3) is 0 Å². The summed E-state index contributed by atoms with van der Waals surface area (Å²) in [4.78, 5) is 61.3. The molecule has 0 aliphatic heterocycles. The lowest BCUT2D eigenvalue weighted by molar-refractivity contribution is -0.141. The fraction of sp³-hybridized carbons (Fsp3) is 0.475. The van der Waals surface area contributed by atoms with Gasteiger partial charge in [-0.3, -0.25) is 29.4 Å². The molecule has 0 spiro atoms. The fourth-order valence-corrected chi connectivity index (χ4v) is 9.33. The molecule has 17 heteroatoms. The van der Waals surface area contributed by atoms with Crippen LogP contribution in [0.5, 0.6) is 17.2 Å². The normalized spacial score (nSPS) is 20.0. The molecule has 3 aliphatic rings. The number of esters is 4. The zero-order valence-corrected chi connectivity index (χ0v) is 44.9. The van der Waals surface area contributed by atoms with Crippen LogP contribution in [-0.2, 0) is 37.6 Å². The van der Waals surface area contributed by atoms with E-state index in [1.807, 2.05) is 78.9 Å². The van der Waals surface area contributed by atoms with Gasteiger partial charge in [0.05, 0.1) is 23.3 Å². The van der Waals surface area contributed by atoms with E-state index in [0.29, 0.717) is 60.2 Å². The van der Waals surface area contributed by atoms with E-state index < -0.39 is 5.97 Å². The van der Waals surface area contributed by atoms with Crippen LogP contribution in [0.1, 0.15) is 136 Å². The SMILES string of the molecule is CC(C)(C)c1ccc(OC(=O)C2CCC(CN=C(N)N)CC2)cc1.CCc1ccc(OC(=O)C2CCC(CN=C(N)N)CC2)cc1.NC(N)=NCC1CCC(C(=O)Oc2ccc(C(=O)OCc3ccccc3)cc2)CC1.[HH].[HH].[HH]. The molecule has 7 rings (SSSR count). The van der Waals surface area contributed by atoms with Gasteiger partial charge in [0.15, 0.2) is 17.9 Å². The summed E-state index contributed by atoms with van der Waals surface area (Å²) in [6.45, 7) is 10.7. The smallest absolute Gasteiger partial charge is 0.338 e. The Hall–Kier alpha value is -7.43. The molecule has 0 aromatic heterocycles. The molecule has 4 aromatic rings. The number of aryl methyl sites for hydroxylation is 1. The van der Waals surface area contributed by atoms with Crippen molar-refractivity contribution in [1.82, 2.24) is 0 Å². The summed E-state index contributed by atoms with van der Waals surface area (Å²) in [5, 5.41) is 0. The number of aliphatic imine (C=N–C) groups is 3. The van der Waals surface area contributed by atoms with Crippen molar-refractivity contribution in [3.8, 4) is 17.2 Å². The maximum atomic E-state index is 12.4. The first-order valence-electron chi connectivity index (χ1n) is 26.7. The van der Waals surface area contributed by atoms with E-state index in [9.17, 15) is 19.2 Å². The van der Waals surface area contributed by atoms with Gasteiger partial charge >= 0.3 is 23.9 Å². The second-order valence-electron chi connectivity index (χ2n) is 21.1. The van der Waals surface area contributed by atoms with Crippen molar-refractivity contribution in [2.24, 2.45) is 84.9 Å². The van der Waals surface area contributed by atoms with Crippen LogP contribution in [0.2, 0.25) is 0 Å². The van der Waals surface area contributed by atoms with Crippen LogP contribution in [0.15, 0.2) is 118 Å². The number of carbonyl (C=O) groups is 4. The van der Waals surface area contributed by atoms with E-state index >= 15 is 0 Å². The fourth-order valence-electron chi connectivity index (χ4n) is 9.33. The van der Waals surface area contributed by atoms with Crippen molar-refractivity contribution in [2.45, 2.75) is 123 Å². The maximum absolute atomic E-state index is 12.4. The molecule has 17 nitrogen and oxygen atoms in total. The highest BCUT2D eigenvalue weighted by Crippen LogP contribution is 2.33. The van der Waals surface area contributed by atoms with Crippen LogP contribution in [0.3, 0.4) is 0 Å². The van der Waals surface area contributed by atoms with E-state index in [-0.39, 0.29) is 69.8 Å². The first-order chi connectivity index (χ1) is 36.3. The minimum atomic E-state index is -0.421. The first-order valence-corrected chi connectivity index (χ1v) is 26.7. The van der Waals surface area contributed by atoms with E-state index in [0.717, 1.165) is 89.0 Å². The van der Waals surface area contributed by atoms with Gasteiger partial charge < -0.3 is 53.3 Å². The first kappa shape index (κ1) is 59.4. The Balaban J connectivity index is 0.000000403. The minimum Gasteiger partial charge on any atom is -0.457 e. The number of hydrogen-bond acceptors (Lipinski definition) is 11. The minimum absolute atomic E-state index is 0. The molecule has 4 aromatic carbocycles. The van der Waals surface area contributed by atoms with Gasteiger partial charge in [-0.25, -0.2) is 4.79 Å². The predicted octanol–water partition coefficient (Wildman–Crippen LogP) is 8.97. The molecule has 3 aliphatic carbocycles. The molecule has 416 valence electrons. The summed E-state index contributed by atoms with van der Waals surface area (Å²) < 4.78 is 21.8. The van der Waals surface area contributed by atoms with Gasteiger partial charge in [0.2, 0.25) is 0 Å². The Labute approximate surface area is 453 Å². The average Bonchev–Trinajstić information content (AvgIpc) is 3.42. The van der Waals surface area contributed by atoms with Crippen LogP contribution in [-0.4, -0.2) is 61.4 Å². The maximum Gasteiger partial charge on any atom is 0.338 e. The number of nitrogens with zero attached hydrogens (tertiary/aromatic N) is 3. The quantitative estimate of drug-likeness (QED) is 0.0264. The number of hydrogen-bond donors (Lipinski definition) is 6. The predicted molar refractivity (Wildman–Crippen MR) is 305 cm³/mol. The van der Waals surface area contributed by atoms with Crippen molar-refractivity contribution in [3.05, 3.63) is 125 Å². The molecule has 76 heavy (non-hydrogen) atoms. The number of benzene rings is 4. The van der Waals surface area contributed by atoms with Gasteiger partial charge in [-0.2, -0.15) is 0 Å². The number of ether oxygens (including phenoxy) is 4. The van der Waals surface area contributed by atoms with E-state index in [2.05, 4.69) is 42.7 Å². The highest BCUT2D eigenvalue weighted by atomic mass is 16.5. The third-order valence-corrected chi connectivity index (χ3v) is 14.1. The zero-order valence-electron chi connectivity index (χ0n) is 44.9. The number of guanidine groups is 3. The topological polar surface area (TPSA) is 298 Å². The second-order valence-corrected chi connectivity index (χ2v) is 21.1. The van der Waals surface area contributed by atoms with Crippen molar-refractivity contribution < 1.29 is 42.4 Å². The molecule has 0 heterocycles. The third kappa shape index (κ3) is 21.1. The Morgan fingerprint density at radius 2 is 0.816 bits per heavy atom. The standard InChI is InChI=1S/C23H27N3O4.C19H29N3O2.C17H25N3O2.3H2/c24-23(25)26-14-16-6-8-19(9-7-16)22(28)30-20-12-10-18(11-13-20)21(27)29-15-17-4-2-1-3-5-17;1-19(2,3)15-8-10-16(11-9-15)24-17(23)14-6-4-13(5-7-14)12-22-18(20)21;1-2-12-5-9-15(10-6-12)22-16(21)14-7-3-13(4-8-14)11-20-17(18)19;;;/h1-5,10-13,16,19H,6-9,14-15H2,(H4,24,25,26);8-11,13-14H,4-7,12H2,1-3H3,(H4,20,21,22);5-6,9-10,13-14H,2-4,7-8,11H2,1H3,(H4,18,19,20);3*1H. The molecule has 0 radical (unpaired) electrons. The van der Waals surface area contributed by atoms with E-state index in [1.165, 1.54) is 11.1 Å². The average molecular weight is 1050 g/mol. The second kappa shape index (κ2) is 30.2. The summed E-state index contributed by atoms with van der Waals surface area (Å²) >= 11 is 0. The van der Waals surface area contributed by atoms with Gasteiger partial charge in [-0.05, 0) is 172 Å².